The van der Waals surface area contributed by atoms with Gasteiger partial charge >= 0.3 is 0 Å². The molecule has 0 bridgehead atoms. The third kappa shape index (κ3) is 2.23. The first-order valence-corrected chi connectivity index (χ1v) is 9.25. The van der Waals surface area contributed by atoms with Crippen molar-refractivity contribution < 1.29 is 0 Å². The Morgan fingerprint density at radius 3 is 2.32 bits per heavy atom. The topological polar surface area (TPSA) is 6.48 Å². The molecular weight excluding hydrogens is 304 g/mol. The van der Waals surface area contributed by atoms with E-state index < -0.39 is 0 Å². The minimum atomic E-state index is -0.0419. The van der Waals surface area contributed by atoms with Crippen molar-refractivity contribution in [2.45, 2.75) is 53.1 Å². The van der Waals surface area contributed by atoms with Crippen LogP contribution in [0.1, 0.15) is 41.7 Å². The van der Waals surface area contributed by atoms with E-state index in [9.17, 15) is 0 Å². The Labute approximate surface area is 151 Å². The van der Waals surface area contributed by atoms with Gasteiger partial charge < -0.3 is 9.80 Å². The Bertz CT molecular complexity index is 889. The maximum atomic E-state index is 2.46. The molecule has 0 saturated heterocycles. The summed E-state index contributed by atoms with van der Waals surface area (Å²) in [4.78, 5) is 4.75. The summed E-state index contributed by atoms with van der Waals surface area (Å²) >= 11 is 0. The predicted molar refractivity (Wildman–Crippen MR) is 107 cm³/mol. The van der Waals surface area contributed by atoms with E-state index in [0.29, 0.717) is 0 Å². The zero-order chi connectivity index (χ0) is 17.9. The summed E-state index contributed by atoms with van der Waals surface area (Å²) in [7, 11) is 2.16. The standard InChI is InChI=1S/C23H28N2/c1-15-8-7-9-18-10-11-19-21(20(15)18)16(2)14-17(3)22(19)25-13-12-24(6)23(25,4)5/h7-9,12-14H,10-11H2,1-6H3. The third-order valence-corrected chi connectivity index (χ3v) is 6.17. The van der Waals surface area contributed by atoms with Gasteiger partial charge in [0.1, 0.15) is 5.66 Å². The Kier molecular flexibility index (Phi) is 3.50. The molecule has 0 aromatic heterocycles. The Balaban J connectivity index is 2.00. The maximum Gasteiger partial charge on any atom is 0.110 e. The highest BCUT2D eigenvalue weighted by atomic mass is 15.4. The molecule has 0 saturated carbocycles. The van der Waals surface area contributed by atoms with Crippen molar-refractivity contribution in [3.05, 3.63) is 64.5 Å². The van der Waals surface area contributed by atoms with Gasteiger partial charge in [0.05, 0.1) is 0 Å². The molecule has 130 valence electrons. The molecule has 0 atom stereocenters. The van der Waals surface area contributed by atoms with E-state index in [0.717, 1.165) is 12.8 Å². The van der Waals surface area contributed by atoms with Crippen LogP contribution < -0.4 is 4.90 Å². The van der Waals surface area contributed by atoms with E-state index in [1.807, 2.05) is 0 Å². The first kappa shape index (κ1) is 16.3. The molecule has 2 aromatic rings. The lowest BCUT2D eigenvalue weighted by Crippen LogP contribution is -2.47. The van der Waals surface area contributed by atoms with E-state index in [1.54, 1.807) is 0 Å². The molecule has 2 nitrogen and oxygen atoms in total. The second kappa shape index (κ2) is 5.39. The summed E-state index contributed by atoms with van der Waals surface area (Å²) in [5, 5.41) is 0. The fourth-order valence-electron chi connectivity index (χ4n) is 4.59. The number of benzene rings is 2. The smallest absolute Gasteiger partial charge is 0.110 e. The van der Waals surface area contributed by atoms with Gasteiger partial charge in [0.2, 0.25) is 0 Å². The minimum absolute atomic E-state index is 0.0419. The van der Waals surface area contributed by atoms with Gasteiger partial charge in [-0.15, -0.1) is 0 Å². The van der Waals surface area contributed by atoms with Crippen LogP contribution in [0.2, 0.25) is 0 Å². The molecule has 0 fully saturated rings. The molecule has 0 spiro atoms. The van der Waals surface area contributed by atoms with Crippen molar-refractivity contribution in [2.75, 3.05) is 11.9 Å². The highest BCUT2D eigenvalue weighted by molar-refractivity contribution is 5.85. The molecule has 0 unspecified atom stereocenters. The number of nitrogens with zero attached hydrogens (tertiary/aromatic N) is 2. The normalized spacial score (nSPS) is 17.7. The number of hydrogen-bond acceptors (Lipinski definition) is 2. The highest BCUT2D eigenvalue weighted by Gasteiger charge is 2.36. The number of fused-ring (bicyclic) bond motifs is 3. The molecule has 2 heteroatoms. The number of rotatable bonds is 1. The Morgan fingerprint density at radius 2 is 1.64 bits per heavy atom. The van der Waals surface area contributed by atoms with Crippen LogP contribution in [0.15, 0.2) is 36.7 Å². The summed E-state index contributed by atoms with van der Waals surface area (Å²) < 4.78 is 0. The van der Waals surface area contributed by atoms with Crippen LogP contribution in [0.5, 0.6) is 0 Å². The average Bonchev–Trinajstić information content (AvgIpc) is 2.81. The van der Waals surface area contributed by atoms with Gasteiger partial charge in [0.25, 0.3) is 0 Å². The largest absolute Gasteiger partial charge is 0.357 e. The fourth-order valence-corrected chi connectivity index (χ4v) is 4.59. The van der Waals surface area contributed by atoms with Crippen molar-refractivity contribution >= 4 is 5.69 Å². The molecule has 1 aliphatic carbocycles. The number of aryl methyl sites for hydroxylation is 4. The molecule has 0 amide bonds. The van der Waals surface area contributed by atoms with Crippen LogP contribution in [-0.4, -0.2) is 17.6 Å². The van der Waals surface area contributed by atoms with Gasteiger partial charge in [-0.3, -0.25) is 0 Å². The highest BCUT2D eigenvalue weighted by Crippen LogP contribution is 2.46. The molecule has 4 rings (SSSR count). The van der Waals surface area contributed by atoms with E-state index >= 15 is 0 Å². The lowest BCUT2D eigenvalue weighted by molar-refractivity contribution is 0.253. The van der Waals surface area contributed by atoms with Gasteiger partial charge in [-0.2, -0.15) is 0 Å². The van der Waals surface area contributed by atoms with Crippen LogP contribution in [0.25, 0.3) is 11.1 Å². The van der Waals surface area contributed by atoms with Gasteiger partial charge in [0, 0.05) is 25.1 Å². The lowest BCUT2D eigenvalue weighted by Gasteiger charge is -2.41. The van der Waals surface area contributed by atoms with E-state index in [-0.39, 0.29) is 5.66 Å². The number of hydrogen-bond donors (Lipinski definition) is 0. The Hall–Kier alpha value is -2.22. The fraction of sp³-hybridized carbons (Fsp3) is 0.391. The van der Waals surface area contributed by atoms with Crippen LogP contribution >= 0.6 is 0 Å². The summed E-state index contributed by atoms with van der Waals surface area (Å²) in [6.45, 7) is 11.4. The first-order valence-electron chi connectivity index (χ1n) is 9.25. The van der Waals surface area contributed by atoms with Crippen molar-refractivity contribution in [1.29, 1.82) is 0 Å². The zero-order valence-electron chi connectivity index (χ0n) is 16.3. The molecule has 2 aliphatic rings. The molecule has 1 aliphatic heterocycles. The maximum absolute atomic E-state index is 2.46. The molecule has 2 aromatic carbocycles. The van der Waals surface area contributed by atoms with Gasteiger partial charge in [-0.25, -0.2) is 0 Å². The van der Waals surface area contributed by atoms with E-state index in [2.05, 4.69) is 88.1 Å². The average molecular weight is 332 g/mol. The van der Waals surface area contributed by atoms with Crippen molar-refractivity contribution in [3.63, 3.8) is 0 Å². The monoisotopic (exact) mass is 332 g/mol. The third-order valence-electron chi connectivity index (χ3n) is 6.17. The van der Waals surface area contributed by atoms with Crippen LogP contribution in [0, 0.1) is 20.8 Å². The zero-order valence-corrected chi connectivity index (χ0v) is 16.3. The van der Waals surface area contributed by atoms with Crippen molar-refractivity contribution in [2.24, 2.45) is 0 Å². The predicted octanol–water partition coefficient (Wildman–Crippen LogP) is 5.34. The molecule has 0 radical (unpaired) electrons. The van der Waals surface area contributed by atoms with Crippen LogP contribution in [0.4, 0.5) is 5.69 Å². The van der Waals surface area contributed by atoms with Gasteiger partial charge in [0.15, 0.2) is 0 Å². The van der Waals surface area contributed by atoms with Gasteiger partial charge in [-0.1, -0.05) is 24.3 Å². The quantitative estimate of drug-likeness (QED) is 0.696. The summed E-state index contributed by atoms with van der Waals surface area (Å²) in [5.41, 5.74) is 11.5. The SMILES string of the molecule is Cc1cccc2c1-c1c(C)cc(C)c(N3C=CN(C)C3(C)C)c1CC2. The second-order valence-electron chi connectivity index (χ2n) is 8.10. The van der Waals surface area contributed by atoms with E-state index in [4.69, 9.17) is 0 Å². The van der Waals surface area contributed by atoms with Gasteiger partial charge in [-0.05, 0) is 86.4 Å². The first-order chi connectivity index (χ1) is 11.8. The second-order valence-corrected chi connectivity index (χ2v) is 8.10. The summed E-state index contributed by atoms with van der Waals surface area (Å²) in [5.74, 6) is 0. The summed E-state index contributed by atoms with van der Waals surface area (Å²) in [6.07, 6.45) is 6.68. The molecule has 0 N–H and O–H groups in total. The lowest BCUT2D eigenvalue weighted by atomic mass is 9.79. The minimum Gasteiger partial charge on any atom is -0.357 e. The summed E-state index contributed by atoms with van der Waals surface area (Å²) in [6, 6.07) is 9.13. The van der Waals surface area contributed by atoms with Crippen molar-refractivity contribution in [1.82, 2.24) is 4.90 Å². The molecule has 25 heavy (non-hydrogen) atoms. The molecule has 1 heterocycles. The van der Waals surface area contributed by atoms with Crippen LogP contribution in [0.3, 0.4) is 0 Å². The number of anilines is 1. The van der Waals surface area contributed by atoms with Crippen molar-refractivity contribution in [3.8, 4) is 11.1 Å². The molecular formula is C23H28N2. The van der Waals surface area contributed by atoms with E-state index in [1.165, 1.54) is 44.6 Å². The van der Waals surface area contributed by atoms with Crippen LogP contribution in [-0.2, 0) is 12.8 Å². The Morgan fingerprint density at radius 1 is 0.880 bits per heavy atom.